The van der Waals surface area contributed by atoms with Gasteiger partial charge in [-0.2, -0.15) is 5.10 Å². The van der Waals surface area contributed by atoms with Gasteiger partial charge in [-0.15, -0.1) is 0 Å². The van der Waals surface area contributed by atoms with Crippen LogP contribution in [0, 0.1) is 6.92 Å². The minimum Gasteiger partial charge on any atom is -0.310 e. The largest absolute Gasteiger partial charge is 0.310 e. The van der Waals surface area contributed by atoms with Crippen molar-refractivity contribution in [1.29, 1.82) is 0 Å². The fourth-order valence-corrected chi connectivity index (χ4v) is 3.31. The fourth-order valence-electron chi connectivity index (χ4n) is 2.87. The van der Waals surface area contributed by atoms with Gasteiger partial charge in [0, 0.05) is 10.9 Å². The first kappa shape index (κ1) is 15.8. The number of halogens is 1. The standard InChI is InChI=1S/C19H15BrN4O/c1-12-5-2-3-8-16(12)24-18-15(11-21-24)19(25)23-17(22-18)10-13-6-4-7-14(20)9-13/h2-9,11H,10H2,1H3,(H,22,23,25). The molecule has 0 aliphatic carbocycles. The van der Waals surface area contributed by atoms with Crippen molar-refractivity contribution in [2.45, 2.75) is 13.3 Å². The molecule has 4 aromatic rings. The maximum atomic E-state index is 12.4. The van der Waals surface area contributed by atoms with E-state index in [1.807, 2.05) is 55.5 Å². The third-order valence-electron chi connectivity index (χ3n) is 4.09. The third kappa shape index (κ3) is 3.00. The summed E-state index contributed by atoms with van der Waals surface area (Å²) in [7, 11) is 0. The molecule has 0 bridgehead atoms. The minimum atomic E-state index is -0.171. The molecule has 1 N–H and O–H groups in total. The lowest BCUT2D eigenvalue weighted by Crippen LogP contribution is -2.13. The van der Waals surface area contributed by atoms with Crippen molar-refractivity contribution in [2.24, 2.45) is 0 Å². The van der Waals surface area contributed by atoms with E-state index in [-0.39, 0.29) is 5.56 Å². The van der Waals surface area contributed by atoms with Crippen LogP contribution in [0.3, 0.4) is 0 Å². The highest BCUT2D eigenvalue weighted by Crippen LogP contribution is 2.18. The quantitative estimate of drug-likeness (QED) is 0.575. The van der Waals surface area contributed by atoms with Crippen molar-refractivity contribution >= 4 is 27.0 Å². The van der Waals surface area contributed by atoms with Gasteiger partial charge in [-0.3, -0.25) is 4.79 Å². The van der Waals surface area contributed by atoms with Crippen LogP contribution in [0.25, 0.3) is 16.7 Å². The van der Waals surface area contributed by atoms with Crippen LogP contribution in [-0.4, -0.2) is 19.7 Å². The number of aromatic amines is 1. The first-order valence-corrected chi connectivity index (χ1v) is 8.68. The zero-order chi connectivity index (χ0) is 17.4. The molecule has 2 heterocycles. The molecular formula is C19H15BrN4O. The van der Waals surface area contributed by atoms with E-state index in [1.165, 1.54) is 0 Å². The lowest BCUT2D eigenvalue weighted by molar-refractivity contribution is 0.873. The topological polar surface area (TPSA) is 63.6 Å². The number of H-pyrrole nitrogens is 1. The van der Waals surface area contributed by atoms with Crippen molar-refractivity contribution in [3.05, 3.63) is 86.5 Å². The van der Waals surface area contributed by atoms with Crippen LogP contribution in [0.5, 0.6) is 0 Å². The van der Waals surface area contributed by atoms with E-state index < -0.39 is 0 Å². The van der Waals surface area contributed by atoms with Crippen LogP contribution in [-0.2, 0) is 6.42 Å². The minimum absolute atomic E-state index is 0.171. The number of rotatable bonds is 3. The van der Waals surface area contributed by atoms with Gasteiger partial charge in [0.25, 0.3) is 5.56 Å². The summed E-state index contributed by atoms with van der Waals surface area (Å²) in [6.45, 7) is 2.01. The van der Waals surface area contributed by atoms with Gasteiger partial charge < -0.3 is 4.98 Å². The van der Waals surface area contributed by atoms with Crippen LogP contribution in [0.15, 0.2) is 64.0 Å². The van der Waals surface area contributed by atoms with Crippen molar-refractivity contribution in [3.8, 4) is 5.69 Å². The van der Waals surface area contributed by atoms with Crippen molar-refractivity contribution in [2.75, 3.05) is 0 Å². The lowest BCUT2D eigenvalue weighted by atomic mass is 10.1. The molecule has 0 aliphatic rings. The molecule has 0 aliphatic heterocycles. The first-order valence-electron chi connectivity index (χ1n) is 7.89. The molecule has 0 amide bonds. The Morgan fingerprint density at radius 1 is 1.16 bits per heavy atom. The van der Waals surface area contributed by atoms with Gasteiger partial charge in [0.2, 0.25) is 0 Å². The highest BCUT2D eigenvalue weighted by Gasteiger charge is 2.13. The fraction of sp³-hybridized carbons (Fsp3) is 0.105. The van der Waals surface area contributed by atoms with E-state index in [4.69, 9.17) is 0 Å². The number of nitrogens with one attached hydrogen (secondary N) is 1. The Morgan fingerprint density at radius 3 is 2.80 bits per heavy atom. The molecule has 0 saturated carbocycles. The molecular weight excluding hydrogens is 380 g/mol. The first-order chi connectivity index (χ1) is 12.1. The number of para-hydroxylation sites is 1. The Kier molecular flexibility index (Phi) is 3.97. The molecule has 25 heavy (non-hydrogen) atoms. The molecule has 4 rings (SSSR count). The summed E-state index contributed by atoms with van der Waals surface area (Å²) in [6, 6.07) is 15.9. The molecule has 5 nitrogen and oxygen atoms in total. The Labute approximate surface area is 152 Å². The van der Waals surface area contributed by atoms with Gasteiger partial charge >= 0.3 is 0 Å². The van der Waals surface area contributed by atoms with Crippen LogP contribution < -0.4 is 5.56 Å². The van der Waals surface area contributed by atoms with Crippen molar-refractivity contribution in [1.82, 2.24) is 19.7 Å². The molecule has 2 aromatic heterocycles. The van der Waals surface area contributed by atoms with Gasteiger partial charge in [-0.05, 0) is 36.2 Å². The predicted octanol–water partition coefficient (Wildman–Crippen LogP) is 3.77. The van der Waals surface area contributed by atoms with Gasteiger partial charge in [0.15, 0.2) is 5.65 Å². The second-order valence-electron chi connectivity index (χ2n) is 5.90. The summed E-state index contributed by atoms with van der Waals surface area (Å²) in [5.74, 6) is 0.617. The summed E-state index contributed by atoms with van der Waals surface area (Å²) in [5, 5.41) is 4.86. The maximum Gasteiger partial charge on any atom is 0.262 e. The SMILES string of the molecule is Cc1ccccc1-n1ncc2c(=O)[nH]c(Cc3cccc(Br)c3)nc21. The predicted molar refractivity (Wildman–Crippen MR) is 101 cm³/mol. The van der Waals surface area contributed by atoms with Crippen LogP contribution in [0.1, 0.15) is 17.0 Å². The number of hydrogen-bond donors (Lipinski definition) is 1. The smallest absolute Gasteiger partial charge is 0.262 e. The molecule has 2 aromatic carbocycles. The van der Waals surface area contributed by atoms with Crippen LogP contribution in [0.2, 0.25) is 0 Å². The van der Waals surface area contributed by atoms with Gasteiger partial charge in [0.05, 0.1) is 11.9 Å². The zero-order valence-electron chi connectivity index (χ0n) is 13.5. The molecule has 0 unspecified atom stereocenters. The molecule has 0 atom stereocenters. The Morgan fingerprint density at radius 2 is 2.00 bits per heavy atom. The van der Waals surface area contributed by atoms with Crippen LogP contribution >= 0.6 is 15.9 Å². The third-order valence-corrected chi connectivity index (χ3v) is 4.58. The lowest BCUT2D eigenvalue weighted by Gasteiger charge is -2.07. The Balaban J connectivity index is 1.84. The summed E-state index contributed by atoms with van der Waals surface area (Å²) in [5.41, 5.74) is 3.46. The number of benzene rings is 2. The molecule has 124 valence electrons. The van der Waals surface area contributed by atoms with Gasteiger partial charge in [-0.1, -0.05) is 46.3 Å². The zero-order valence-corrected chi connectivity index (χ0v) is 15.1. The molecule has 0 radical (unpaired) electrons. The van der Waals surface area contributed by atoms with Crippen LogP contribution in [0.4, 0.5) is 0 Å². The Hall–Kier alpha value is -2.73. The number of aromatic nitrogens is 4. The normalized spacial score (nSPS) is 11.1. The molecule has 0 saturated heterocycles. The summed E-state index contributed by atoms with van der Waals surface area (Å²) >= 11 is 3.47. The molecule has 6 heteroatoms. The maximum absolute atomic E-state index is 12.4. The second-order valence-corrected chi connectivity index (χ2v) is 6.82. The number of hydrogen-bond acceptors (Lipinski definition) is 3. The van der Waals surface area contributed by atoms with Gasteiger partial charge in [-0.25, -0.2) is 9.67 Å². The van der Waals surface area contributed by atoms with E-state index in [0.717, 1.165) is 21.3 Å². The monoisotopic (exact) mass is 394 g/mol. The summed E-state index contributed by atoms with van der Waals surface area (Å²) in [6.07, 6.45) is 2.11. The second kappa shape index (κ2) is 6.29. The van der Waals surface area contributed by atoms with E-state index in [0.29, 0.717) is 23.3 Å². The average Bonchev–Trinajstić information content (AvgIpc) is 2.99. The summed E-state index contributed by atoms with van der Waals surface area (Å²) in [4.78, 5) is 20.0. The molecule has 0 spiro atoms. The van der Waals surface area contributed by atoms with Crippen molar-refractivity contribution < 1.29 is 0 Å². The number of nitrogens with zero attached hydrogens (tertiary/aromatic N) is 3. The van der Waals surface area contributed by atoms with E-state index >= 15 is 0 Å². The number of fused-ring (bicyclic) bond motifs is 1. The average molecular weight is 395 g/mol. The summed E-state index contributed by atoms with van der Waals surface area (Å²) < 4.78 is 2.73. The van der Waals surface area contributed by atoms with E-state index in [2.05, 4.69) is 31.0 Å². The highest BCUT2D eigenvalue weighted by molar-refractivity contribution is 9.10. The molecule has 0 fully saturated rings. The van der Waals surface area contributed by atoms with E-state index in [9.17, 15) is 4.79 Å². The number of aryl methyl sites for hydroxylation is 1. The Bertz CT molecular complexity index is 1130. The highest BCUT2D eigenvalue weighted by atomic mass is 79.9. The van der Waals surface area contributed by atoms with E-state index in [1.54, 1.807) is 10.9 Å². The van der Waals surface area contributed by atoms with Gasteiger partial charge in [0.1, 0.15) is 11.2 Å². The van der Waals surface area contributed by atoms with Crippen molar-refractivity contribution in [3.63, 3.8) is 0 Å².